The lowest BCUT2D eigenvalue weighted by molar-refractivity contribution is 0.175. The topological polar surface area (TPSA) is 48.7 Å². The Morgan fingerprint density at radius 2 is 1.67 bits per heavy atom. The second kappa shape index (κ2) is 4.86. The quantitative estimate of drug-likeness (QED) is 0.490. The van der Waals surface area contributed by atoms with Gasteiger partial charge in [0.1, 0.15) is 11.8 Å². The minimum Gasteiger partial charge on any atom is -0.463 e. The lowest BCUT2D eigenvalue weighted by Crippen LogP contribution is -2.05. The average molecular weight is 316 g/mol. The van der Waals surface area contributed by atoms with E-state index in [1.54, 1.807) is 6.07 Å². The van der Waals surface area contributed by atoms with Crippen LogP contribution in [0.5, 0.6) is 11.5 Å². The van der Waals surface area contributed by atoms with Gasteiger partial charge in [-0.1, -0.05) is 30.3 Å². The van der Waals surface area contributed by atoms with Gasteiger partial charge in [-0.25, -0.2) is 0 Å². The van der Waals surface area contributed by atoms with Gasteiger partial charge in [0.05, 0.1) is 10.9 Å². The molecular weight excluding hydrogens is 304 g/mol. The standard InChI is InChI=1S/C20H12O4/c21-19-15(12-4-2-1-3-5-12)10-22-16-8-7-14-13(18(16)19)6-9-17-20(14)24-11-23-17/h1-10H,11H2. The zero-order valence-electron chi connectivity index (χ0n) is 12.6. The van der Waals surface area contributed by atoms with Crippen molar-refractivity contribution >= 4 is 21.7 Å². The molecule has 5 rings (SSSR count). The van der Waals surface area contributed by atoms with Crippen LogP contribution < -0.4 is 14.9 Å². The van der Waals surface area contributed by atoms with E-state index in [1.165, 1.54) is 6.26 Å². The van der Waals surface area contributed by atoms with Crippen LogP contribution in [0.3, 0.4) is 0 Å². The fourth-order valence-corrected chi connectivity index (χ4v) is 3.21. The first kappa shape index (κ1) is 13.2. The SMILES string of the molecule is O=c1c(-c2ccccc2)coc2ccc3c4c(ccc3c12)OCO4. The number of ether oxygens (including phenoxy) is 2. The summed E-state index contributed by atoms with van der Waals surface area (Å²) in [6, 6.07) is 16.9. The number of hydrogen-bond donors (Lipinski definition) is 0. The largest absolute Gasteiger partial charge is 0.463 e. The molecule has 4 aromatic rings. The van der Waals surface area contributed by atoms with Gasteiger partial charge in [-0.3, -0.25) is 4.79 Å². The lowest BCUT2D eigenvalue weighted by atomic mass is 10.0. The second-order valence-corrected chi connectivity index (χ2v) is 5.68. The van der Waals surface area contributed by atoms with Gasteiger partial charge < -0.3 is 13.9 Å². The van der Waals surface area contributed by atoms with Gasteiger partial charge in [-0.05, 0) is 29.8 Å². The highest BCUT2D eigenvalue weighted by Gasteiger charge is 2.19. The van der Waals surface area contributed by atoms with Crippen molar-refractivity contribution in [2.45, 2.75) is 0 Å². The zero-order chi connectivity index (χ0) is 16.1. The van der Waals surface area contributed by atoms with Crippen molar-refractivity contribution in [1.82, 2.24) is 0 Å². The molecule has 4 nitrogen and oxygen atoms in total. The third kappa shape index (κ3) is 1.77. The van der Waals surface area contributed by atoms with Crippen molar-refractivity contribution in [3.8, 4) is 22.6 Å². The van der Waals surface area contributed by atoms with Gasteiger partial charge in [0.2, 0.25) is 12.2 Å². The Morgan fingerprint density at radius 1 is 0.833 bits per heavy atom. The minimum absolute atomic E-state index is 0.0492. The molecule has 0 saturated carbocycles. The molecule has 3 aromatic carbocycles. The third-order valence-corrected chi connectivity index (χ3v) is 4.35. The first-order chi connectivity index (χ1) is 11.8. The predicted molar refractivity (Wildman–Crippen MR) is 91.5 cm³/mol. The third-order valence-electron chi connectivity index (χ3n) is 4.35. The molecule has 2 heterocycles. The highest BCUT2D eigenvalue weighted by atomic mass is 16.7. The number of fused-ring (bicyclic) bond motifs is 5. The fourth-order valence-electron chi connectivity index (χ4n) is 3.21. The zero-order valence-corrected chi connectivity index (χ0v) is 12.6. The molecule has 0 fully saturated rings. The molecule has 0 saturated heterocycles. The van der Waals surface area contributed by atoms with Crippen LogP contribution in [0, 0.1) is 0 Å². The molecule has 0 radical (unpaired) electrons. The van der Waals surface area contributed by atoms with Crippen molar-refractivity contribution in [3.05, 3.63) is 71.1 Å². The molecule has 0 bridgehead atoms. The van der Waals surface area contributed by atoms with E-state index >= 15 is 0 Å². The van der Waals surface area contributed by atoms with E-state index < -0.39 is 0 Å². The number of hydrogen-bond acceptors (Lipinski definition) is 4. The first-order valence-corrected chi connectivity index (χ1v) is 7.65. The molecular formula is C20H12O4. The summed E-state index contributed by atoms with van der Waals surface area (Å²) in [5.74, 6) is 1.38. The van der Waals surface area contributed by atoms with E-state index in [4.69, 9.17) is 13.9 Å². The van der Waals surface area contributed by atoms with Crippen LogP contribution in [0.1, 0.15) is 0 Å². The molecule has 1 aliphatic rings. The van der Waals surface area contributed by atoms with Crippen molar-refractivity contribution in [3.63, 3.8) is 0 Å². The first-order valence-electron chi connectivity index (χ1n) is 7.65. The molecule has 0 amide bonds. The molecule has 24 heavy (non-hydrogen) atoms. The Hall–Kier alpha value is -3.27. The predicted octanol–water partition coefficient (Wildman–Crippen LogP) is 4.34. The summed E-state index contributed by atoms with van der Waals surface area (Å²) in [6.45, 7) is 0.200. The molecule has 0 aliphatic carbocycles. The Balaban J connectivity index is 1.90. The molecule has 1 aliphatic heterocycles. The Bertz CT molecular complexity index is 1140. The van der Waals surface area contributed by atoms with Crippen LogP contribution in [0.4, 0.5) is 0 Å². The van der Waals surface area contributed by atoms with E-state index in [1.807, 2.05) is 48.5 Å². The van der Waals surface area contributed by atoms with Crippen molar-refractivity contribution in [2.75, 3.05) is 6.79 Å². The Morgan fingerprint density at radius 3 is 2.54 bits per heavy atom. The van der Waals surface area contributed by atoms with Gasteiger partial charge in [-0.2, -0.15) is 0 Å². The van der Waals surface area contributed by atoms with E-state index in [0.29, 0.717) is 28.0 Å². The van der Waals surface area contributed by atoms with Gasteiger partial charge >= 0.3 is 0 Å². The summed E-state index contributed by atoms with van der Waals surface area (Å²) in [6.07, 6.45) is 1.53. The summed E-state index contributed by atoms with van der Waals surface area (Å²) in [4.78, 5) is 13.1. The maximum absolute atomic E-state index is 13.1. The van der Waals surface area contributed by atoms with Crippen LogP contribution in [0.2, 0.25) is 0 Å². The van der Waals surface area contributed by atoms with E-state index in [0.717, 1.165) is 16.3 Å². The Labute approximate surface area is 136 Å². The van der Waals surface area contributed by atoms with E-state index in [2.05, 4.69) is 0 Å². The monoisotopic (exact) mass is 316 g/mol. The molecule has 0 atom stereocenters. The van der Waals surface area contributed by atoms with Crippen LogP contribution >= 0.6 is 0 Å². The van der Waals surface area contributed by atoms with Gasteiger partial charge in [0.15, 0.2) is 11.5 Å². The van der Waals surface area contributed by atoms with Crippen molar-refractivity contribution in [2.24, 2.45) is 0 Å². The summed E-state index contributed by atoms with van der Waals surface area (Å²) >= 11 is 0. The smallest absolute Gasteiger partial charge is 0.231 e. The van der Waals surface area contributed by atoms with Crippen LogP contribution in [0.25, 0.3) is 32.9 Å². The molecule has 0 N–H and O–H groups in total. The van der Waals surface area contributed by atoms with Gasteiger partial charge in [0, 0.05) is 10.8 Å². The highest BCUT2D eigenvalue weighted by molar-refractivity contribution is 6.09. The van der Waals surface area contributed by atoms with Crippen LogP contribution in [-0.2, 0) is 0 Å². The summed E-state index contributed by atoms with van der Waals surface area (Å²) < 4.78 is 16.7. The van der Waals surface area contributed by atoms with E-state index in [9.17, 15) is 4.79 Å². The average Bonchev–Trinajstić information content (AvgIpc) is 3.11. The maximum Gasteiger partial charge on any atom is 0.231 e. The molecule has 0 spiro atoms. The van der Waals surface area contributed by atoms with Crippen LogP contribution in [0.15, 0.2) is 70.1 Å². The van der Waals surface area contributed by atoms with Crippen molar-refractivity contribution < 1.29 is 13.9 Å². The van der Waals surface area contributed by atoms with Gasteiger partial charge in [-0.15, -0.1) is 0 Å². The maximum atomic E-state index is 13.1. The molecule has 116 valence electrons. The summed E-state index contributed by atoms with van der Waals surface area (Å²) in [5, 5.41) is 2.23. The number of benzene rings is 3. The van der Waals surface area contributed by atoms with Crippen molar-refractivity contribution in [1.29, 1.82) is 0 Å². The molecule has 1 aromatic heterocycles. The molecule has 0 unspecified atom stereocenters. The van der Waals surface area contributed by atoms with Gasteiger partial charge in [0.25, 0.3) is 0 Å². The number of rotatable bonds is 1. The Kier molecular flexibility index (Phi) is 2.67. The second-order valence-electron chi connectivity index (χ2n) is 5.68. The van der Waals surface area contributed by atoms with E-state index in [-0.39, 0.29) is 12.2 Å². The highest BCUT2D eigenvalue weighted by Crippen LogP contribution is 2.41. The molecule has 4 heteroatoms. The minimum atomic E-state index is -0.0492. The summed E-state index contributed by atoms with van der Waals surface area (Å²) in [5.41, 5.74) is 1.90. The lowest BCUT2D eigenvalue weighted by Gasteiger charge is -2.07. The van der Waals surface area contributed by atoms with Crippen LogP contribution in [-0.4, -0.2) is 6.79 Å². The normalized spacial score (nSPS) is 12.8. The summed E-state index contributed by atoms with van der Waals surface area (Å²) in [7, 11) is 0. The fraction of sp³-hybridized carbons (Fsp3) is 0.0500.